The van der Waals surface area contributed by atoms with E-state index in [1.54, 1.807) is 37.3 Å². The molecule has 0 spiro atoms. The Kier molecular flexibility index (Phi) is 8.53. The fourth-order valence-electron chi connectivity index (χ4n) is 3.91. The van der Waals surface area contributed by atoms with Crippen LogP contribution in [0.15, 0.2) is 77.7 Å². The quantitative estimate of drug-likeness (QED) is 0.475. The molecule has 1 N–H and O–H groups in total. The number of anilines is 1. The molecule has 190 valence electrons. The number of benzene rings is 3. The van der Waals surface area contributed by atoms with Gasteiger partial charge < -0.3 is 10.2 Å². The molecule has 7 nitrogen and oxygen atoms in total. The SMILES string of the molecule is CNC(=O)C(C)N(Cc1ccccc1C)C(=O)CN(c1cccc(C)c1)S(=O)(=O)c1ccc(C)cc1. The third kappa shape index (κ3) is 6.12. The number of nitrogens with one attached hydrogen (secondary N) is 1. The Morgan fingerprint density at radius 3 is 2.17 bits per heavy atom. The molecule has 0 aliphatic carbocycles. The second-order valence-electron chi connectivity index (χ2n) is 8.90. The van der Waals surface area contributed by atoms with Crippen LogP contribution in [0.2, 0.25) is 0 Å². The number of hydrogen-bond acceptors (Lipinski definition) is 4. The molecule has 0 aromatic heterocycles. The van der Waals surface area contributed by atoms with Crippen LogP contribution in [-0.4, -0.2) is 44.8 Å². The molecule has 0 saturated carbocycles. The maximum atomic E-state index is 13.8. The number of hydrogen-bond donors (Lipinski definition) is 1. The van der Waals surface area contributed by atoms with Gasteiger partial charge in [-0.3, -0.25) is 13.9 Å². The van der Waals surface area contributed by atoms with E-state index in [2.05, 4.69) is 5.32 Å². The lowest BCUT2D eigenvalue weighted by Crippen LogP contribution is -2.50. The molecule has 0 heterocycles. The van der Waals surface area contributed by atoms with Crippen molar-refractivity contribution in [2.75, 3.05) is 17.9 Å². The van der Waals surface area contributed by atoms with E-state index in [1.165, 1.54) is 24.1 Å². The van der Waals surface area contributed by atoms with E-state index in [0.29, 0.717) is 5.69 Å². The lowest BCUT2D eigenvalue weighted by molar-refractivity contribution is -0.139. The summed E-state index contributed by atoms with van der Waals surface area (Å²) in [4.78, 5) is 27.8. The van der Waals surface area contributed by atoms with Crippen molar-refractivity contribution in [3.63, 3.8) is 0 Å². The van der Waals surface area contributed by atoms with Crippen LogP contribution >= 0.6 is 0 Å². The third-order valence-electron chi connectivity index (χ3n) is 6.19. The highest BCUT2D eigenvalue weighted by molar-refractivity contribution is 7.92. The molecule has 8 heteroatoms. The predicted molar refractivity (Wildman–Crippen MR) is 142 cm³/mol. The van der Waals surface area contributed by atoms with Gasteiger partial charge in [-0.25, -0.2) is 8.42 Å². The van der Waals surface area contributed by atoms with Crippen LogP contribution in [0.25, 0.3) is 0 Å². The van der Waals surface area contributed by atoms with Gasteiger partial charge >= 0.3 is 0 Å². The monoisotopic (exact) mass is 507 g/mol. The van der Waals surface area contributed by atoms with E-state index in [1.807, 2.05) is 51.1 Å². The molecule has 0 bridgehead atoms. The third-order valence-corrected chi connectivity index (χ3v) is 7.98. The van der Waals surface area contributed by atoms with Crippen molar-refractivity contribution in [1.82, 2.24) is 10.2 Å². The van der Waals surface area contributed by atoms with Gasteiger partial charge in [0, 0.05) is 13.6 Å². The number of carbonyl (C=O) groups is 2. The lowest BCUT2D eigenvalue weighted by atomic mass is 10.1. The number of aryl methyl sites for hydroxylation is 3. The Balaban J connectivity index is 2.05. The number of carbonyl (C=O) groups excluding carboxylic acids is 2. The summed E-state index contributed by atoms with van der Waals surface area (Å²) >= 11 is 0. The number of likely N-dealkylation sites (N-methyl/N-ethyl adjacent to an activating group) is 1. The smallest absolute Gasteiger partial charge is 0.264 e. The first-order valence-corrected chi connectivity index (χ1v) is 13.2. The van der Waals surface area contributed by atoms with Gasteiger partial charge in [-0.15, -0.1) is 0 Å². The van der Waals surface area contributed by atoms with Gasteiger partial charge in [0.2, 0.25) is 11.8 Å². The zero-order valence-electron chi connectivity index (χ0n) is 21.4. The molecule has 2 amide bonds. The number of rotatable bonds is 9. The van der Waals surface area contributed by atoms with Crippen LogP contribution in [0.1, 0.15) is 29.2 Å². The maximum absolute atomic E-state index is 13.8. The summed E-state index contributed by atoms with van der Waals surface area (Å²) in [6, 6.07) is 20.3. The summed E-state index contributed by atoms with van der Waals surface area (Å²) in [5, 5.41) is 2.59. The molecule has 0 saturated heterocycles. The van der Waals surface area contributed by atoms with Gasteiger partial charge in [0.1, 0.15) is 12.6 Å². The average molecular weight is 508 g/mol. The number of sulfonamides is 1. The molecule has 3 aromatic rings. The molecule has 3 aromatic carbocycles. The Bertz CT molecular complexity index is 1340. The fourth-order valence-corrected chi connectivity index (χ4v) is 5.32. The summed E-state index contributed by atoms with van der Waals surface area (Å²) < 4.78 is 28.6. The predicted octanol–water partition coefficient (Wildman–Crippen LogP) is 3.97. The second kappa shape index (κ2) is 11.4. The van der Waals surface area contributed by atoms with E-state index >= 15 is 0 Å². The van der Waals surface area contributed by atoms with E-state index in [9.17, 15) is 18.0 Å². The summed E-state index contributed by atoms with van der Waals surface area (Å²) in [5.74, 6) is -0.813. The Hall–Kier alpha value is -3.65. The van der Waals surface area contributed by atoms with E-state index in [0.717, 1.165) is 26.6 Å². The lowest BCUT2D eigenvalue weighted by Gasteiger charge is -2.32. The van der Waals surface area contributed by atoms with Crippen LogP contribution in [0, 0.1) is 20.8 Å². The van der Waals surface area contributed by atoms with E-state index in [-0.39, 0.29) is 17.3 Å². The van der Waals surface area contributed by atoms with E-state index in [4.69, 9.17) is 0 Å². The van der Waals surface area contributed by atoms with Gasteiger partial charge in [0.25, 0.3) is 10.0 Å². The highest BCUT2D eigenvalue weighted by atomic mass is 32.2. The zero-order chi connectivity index (χ0) is 26.5. The van der Waals surface area contributed by atoms with Gasteiger partial charge in [-0.2, -0.15) is 0 Å². The van der Waals surface area contributed by atoms with Crippen molar-refractivity contribution in [3.8, 4) is 0 Å². The Morgan fingerprint density at radius 1 is 0.889 bits per heavy atom. The summed E-state index contributed by atoms with van der Waals surface area (Å²) in [7, 11) is -2.55. The fraction of sp³-hybridized carbons (Fsp3) is 0.286. The maximum Gasteiger partial charge on any atom is 0.264 e. The minimum absolute atomic E-state index is 0.0900. The average Bonchev–Trinajstić information content (AvgIpc) is 2.85. The number of amides is 2. The van der Waals surface area contributed by atoms with Crippen LogP contribution in [0.4, 0.5) is 5.69 Å². The highest BCUT2D eigenvalue weighted by Crippen LogP contribution is 2.26. The normalized spacial score (nSPS) is 12.0. The Labute approximate surface area is 213 Å². The summed E-state index contributed by atoms with van der Waals surface area (Å²) in [6.45, 7) is 7.03. The van der Waals surface area contributed by atoms with Crippen molar-refractivity contribution in [2.24, 2.45) is 0 Å². The Morgan fingerprint density at radius 2 is 1.56 bits per heavy atom. The van der Waals surface area contributed by atoms with Crippen molar-refractivity contribution in [1.29, 1.82) is 0 Å². The van der Waals surface area contributed by atoms with Gasteiger partial charge in [-0.1, -0.05) is 54.1 Å². The van der Waals surface area contributed by atoms with Crippen molar-refractivity contribution >= 4 is 27.5 Å². The minimum Gasteiger partial charge on any atom is -0.357 e. The molecule has 1 unspecified atom stereocenters. The molecular formula is C28H33N3O4S. The number of nitrogens with zero attached hydrogens (tertiary/aromatic N) is 2. The summed E-state index contributed by atoms with van der Waals surface area (Å²) in [5.41, 5.74) is 4.02. The first kappa shape index (κ1) is 26.9. The van der Waals surface area contributed by atoms with Gasteiger partial charge in [0.15, 0.2) is 0 Å². The first-order chi connectivity index (χ1) is 17.0. The molecule has 0 fully saturated rings. The standard InChI is InChI=1S/C28H33N3O4S/c1-20-13-15-26(16-14-20)36(34,35)31(25-12-8-9-21(2)17-25)19-27(32)30(23(4)28(33)29-5)18-24-11-7-6-10-22(24)3/h6-17,23H,18-19H2,1-5H3,(H,29,33). The van der Waals surface area contributed by atoms with Crippen LogP contribution in [0.3, 0.4) is 0 Å². The molecule has 36 heavy (non-hydrogen) atoms. The molecule has 1 atom stereocenters. The first-order valence-electron chi connectivity index (χ1n) is 11.8. The van der Waals surface area contributed by atoms with Crippen molar-refractivity contribution < 1.29 is 18.0 Å². The van der Waals surface area contributed by atoms with Crippen LogP contribution < -0.4 is 9.62 Å². The van der Waals surface area contributed by atoms with Crippen molar-refractivity contribution in [2.45, 2.75) is 45.2 Å². The van der Waals surface area contributed by atoms with Crippen LogP contribution in [-0.2, 0) is 26.2 Å². The van der Waals surface area contributed by atoms with E-state index < -0.39 is 28.5 Å². The second-order valence-corrected chi connectivity index (χ2v) is 10.8. The molecule has 0 aliphatic heterocycles. The molecular weight excluding hydrogens is 474 g/mol. The molecule has 3 rings (SSSR count). The minimum atomic E-state index is -4.06. The zero-order valence-corrected chi connectivity index (χ0v) is 22.2. The highest BCUT2D eigenvalue weighted by Gasteiger charge is 2.32. The molecule has 0 aliphatic rings. The topological polar surface area (TPSA) is 86.8 Å². The molecule has 0 radical (unpaired) electrons. The van der Waals surface area contributed by atoms with Gasteiger partial charge in [-0.05, 0) is 68.7 Å². The van der Waals surface area contributed by atoms with Gasteiger partial charge in [0.05, 0.1) is 10.6 Å². The largest absolute Gasteiger partial charge is 0.357 e. The van der Waals surface area contributed by atoms with Crippen molar-refractivity contribution in [3.05, 3.63) is 95.1 Å². The summed E-state index contributed by atoms with van der Waals surface area (Å²) in [6.07, 6.45) is 0. The van der Waals surface area contributed by atoms with Crippen LogP contribution in [0.5, 0.6) is 0 Å².